The Bertz CT molecular complexity index is 492. The van der Waals surface area contributed by atoms with Gasteiger partial charge in [0.25, 0.3) is 0 Å². The number of fused-ring (bicyclic) bond motifs is 1. The van der Waals surface area contributed by atoms with Crippen LogP contribution < -0.4 is 0 Å². The van der Waals surface area contributed by atoms with Gasteiger partial charge in [-0.3, -0.25) is 9.78 Å². The molecule has 1 aliphatic carbocycles. The Balaban J connectivity index is 2.43. The third-order valence-corrected chi connectivity index (χ3v) is 4.63. The van der Waals surface area contributed by atoms with Crippen molar-refractivity contribution >= 4 is 17.4 Å². The highest BCUT2D eigenvalue weighted by Crippen LogP contribution is 2.41. The van der Waals surface area contributed by atoms with Crippen LogP contribution >= 0.6 is 11.6 Å². The summed E-state index contributed by atoms with van der Waals surface area (Å²) in [7, 11) is 0. The zero-order chi connectivity index (χ0) is 14.7. The number of rotatable bonds is 5. The third-order valence-electron chi connectivity index (χ3n) is 4.33. The van der Waals surface area contributed by atoms with Gasteiger partial charge in [0.1, 0.15) is 0 Å². The van der Waals surface area contributed by atoms with Gasteiger partial charge in [0.05, 0.1) is 16.3 Å². The highest BCUT2D eigenvalue weighted by Gasteiger charge is 2.33. The first kappa shape index (κ1) is 15.5. The predicted octanol–water partition coefficient (Wildman–Crippen LogP) is 5.32. The minimum atomic E-state index is 0.167. The van der Waals surface area contributed by atoms with Crippen LogP contribution in [-0.2, 0) is 0 Å². The van der Waals surface area contributed by atoms with Crippen molar-refractivity contribution in [2.75, 3.05) is 0 Å². The summed E-state index contributed by atoms with van der Waals surface area (Å²) >= 11 is 6.31. The van der Waals surface area contributed by atoms with Crippen molar-refractivity contribution in [3.8, 4) is 0 Å². The quantitative estimate of drug-likeness (QED) is 0.735. The first-order valence-electron chi connectivity index (χ1n) is 7.78. The van der Waals surface area contributed by atoms with E-state index >= 15 is 0 Å². The smallest absolute Gasteiger partial charge is 0.166 e. The average molecular weight is 294 g/mol. The van der Waals surface area contributed by atoms with Gasteiger partial charge in [-0.05, 0) is 25.3 Å². The predicted molar refractivity (Wildman–Crippen MR) is 83.6 cm³/mol. The second-order valence-corrected chi connectivity index (χ2v) is 6.32. The van der Waals surface area contributed by atoms with Crippen molar-refractivity contribution in [3.05, 3.63) is 28.0 Å². The Hall–Kier alpha value is -0.890. The van der Waals surface area contributed by atoms with Gasteiger partial charge in [0.15, 0.2) is 5.78 Å². The maximum atomic E-state index is 12.2. The monoisotopic (exact) mass is 293 g/mol. The molecule has 2 nitrogen and oxygen atoms in total. The van der Waals surface area contributed by atoms with Crippen LogP contribution in [0.15, 0.2) is 6.07 Å². The third kappa shape index (κ3) is 3.06. The van der Waals surface area contributed by atoms with Crippen LogP contribution in [0.4, 0.5) is 0 Å². The molecule has 0 N–H and O–H groups in total. The van der Waals surface area contributed by atoms with Crippen LogP contribution in [0.1, 0.15) is 80.0 Å². The maximum Gasteiger partial charge on any atom is 0.166 e. The van der Waals surface area contributed by atoms with Crippen LogP contribution in [0.3, 0.4) is 0 Å². The SMILES string of the molecule is CCCC(CCC)C1CCC(=O)c2c(Cl)cc(C)nc21. The zero-order valence-corrected chi connectivity index (χ0v) is 13.5. The molecule has 110 valence electrons. The molecule has 1 aromatic rings. The minimum absolute atomic E-state index is 0.167. The van der Waals surface area contributed by atoms with Gasteiger partial charge in [-0.1, -0.05) is 51.1 Å². The molecule has 0 aliphatic heterocycles. The summed E-state index contributed by atoms with van der Waals surface area (Å²) in [4.78, 5) is 16.9. The molecule has 20 heavy (non-hydrogen) atoms. The fourth-order valence-corrected chi connectivity index (χ4v) is 3.86. The van der Waals surface area contributed by atoms with E-state index in [2.05, 4.69) is 18.8 Å². The van der Waals surface area contributed by atoms with Gasteiger partial charge in [-0.15, -0.1) is 0 Å². The first-order chi connectivity index (χ1) is 9.58. The number of carbonyl (C=O) groups excluding carboxylic acids is 1. The lowest BCUT2D eigenvalue weighted by atomic mass is 9.74. The van der Waals surface area contributed by atoms with Gasteiger partial charge in [-0.25, -0.2) is 0 Å². The lowest BCUT2D eigenvalue weighted by molar-refractivity contribution is 0.0958. The number of carbonyl (C=O) groups is 1. The lowest BCUT2D eigenvalue weighted by Crippen LogP contribution is -2.24. The summed E-state index contributed by atoms with van der Waals surface area (Å²) in [6.45, 7) is 6.42. The number of aromatic nitrogens is 1. The van der Waals surface area contributed by atoms with Crippen LogP contribution in [0.25, 0.3) is 0 Å². The van der Waals surface area contributed by atoms with Crippen molar-refractivity contribution in [2.45, 2.75) is 65.2 Å². The molecule has 0 saturated carbocycles. The normalized spacial score (nSPS) is 18.4. The molecule has 1 unspecified atom stereocenters. The van der Waals surface area contributed by atoms with E-state index in [0.717, 1.165) is 17.8 Å². The molecular weight excluding hydrogens is 270 g/mol. The van der Waals surface area contributed by atoms with Crippen LogP contribution in [0.5, 0.6) is 0 Å². The van der Waals surface area contributed by atoms with E-state index in [9.17, 15) is 4.79 Å². The van der Waals surface area contributed by atoms with E-state index in [1.54, 1.807) is 0 Å². The van der Waals surface area contributed by atoms with E-state index < -0.39 is 0 Å². The zero-order valence-electron chi connectivity index (χ0n) is 12.7. The van der Waals surface area contributed by atoms with E-state index in [1.165, 1.54) is 25.7 Å². The van der Waals surface area contributed by atoms with Crippen molar-refractivity contribution in [2.24, 2.45) is 5.92 Å². The maximum absolute atomic E-state index is 12.2. The number of hydrogen-bond acceptors (Lipinski definition) is 2. The van der Waals surface area contributed by atoms with E-state index in [1.807, 2.05) is 13.0 Å². The van der Waals surface area contributed by atoms with Gasteiger partial charge in [0.2, 0.25) is 0 Å². The molecule has 3 heteroatoms. The van der Waals surface area contributed by atoms with Gasteiger partial charge < -0.3 is 0 Å². The number of ketones is 1. The summed E-state index contributed by atoms with van der Waals surface area (Å²) in [5.74, 6) is 1.20. The first-order valence-corrected chi connectivity index (χ1v) is 8.16. The standard InChI is InChI=1S/C17H24ClNO/c1-4-6-12(7-5-2)13-8-9-15(20)16-14(18)10-11(3)19-17(13)16/h10,12-13H,4-9H2,1-3H3. The molecule has 0 radical (unpaired) electrons. The molecule has 0 spiro atoms. The van der Waals surface area contributed by atoms with Crippen molar-refractivity contribution in [3.63, 3.8) is 0 Å². The molecule has 0 aromatic carbocycles. The average Bonchev–Trinajstić information content (AvgIpc) is 2.38. The molecule has 0 fully saturated rings. The summed E-state index contributed by atoms with van der Waals surface area (Å²) in [6, 6.07) is 1.81. The van der Waals surface area contributed by atoms with Crippen LogP contribution in [0, 0.1) is 12.8 Å². The van der Waals surface area contributed by atoms with E-state index in [-0.39, 0.29) is 5.78 Å². The molecule has 1 aliphatic rings. The van der Waals surface area contributed by atoms with Crippen molar-refractivity contribution in [1.82, 2.24) is 4.98 Å². The molecule has 2 rings (SSSR count). The molecule has 1 aromatic heterocycles. The fourth-order valence-electron chi connectivity index (χ4n) is 3.50. The summed E-state index contributed by atoms with van der Waals surface area (Å²) in [5, 5.41) is 0.592. The van der Waals surface area contributed by atoms with E-state index in [0.29, 0.717) is 28.8 Å². The fraction of sp³-hybridized carbons (Fsp3) is 0.647. The van der Waals surface area contributed by atoms with E-state index in [4.69, 9.17) is 11.6 Å². The number of nitrogens with zero attached hydrogens (tertiary/aromatic N) is 1. The van der Waals surface area contributed by atoms with Crippen molar-refractivity contribution < 1.29 is 4.79 Å². The Labute approximate surface area is 126 Å². The second kappa shape index (κ2) is 6.71. The Morgan fingerprint density at radius 3 is 2.60 bits per heavy atom. The van der Waals surface area contributed by atoms with Gasteiger partial charge in [0, 0.05) is 18.0 Å². The minimum Gasteiger partial charge on any atom is -0.294 e. The van der Waals surface area contributed by atoms with Gasteiger partial charge >= 0.3 is 0 Å². The molecule has 0 bridgehead atoms. The Morgan fingerprint density at radius 1 is 1.35 bits per heavy atom. The molecule has 1 atom stereocenters. The number of aryl methyl sites for hydroxylation is 1. The molecular formula is C17H24ClNO. The number of halogens is 1. The van der Waals surface area contributed by atoms with Crippen molar-refractivity contribution in [1.29, 1.82) is 0 Å². The summed E-state index contributed by atoms with van der Waals surface area (Å²) in [5.41, 5.74) is 2.59. The Morgan fingerprint density at radius 2 is 2.00 bits per heavy atom. The highest BCUT2D eigenvalue weighted by molar-refractivity contribution is 6.34. The highest BCUT2D eigenvalue weighted by atomic mass is 35.5. The topological polar surface area (TPSA) is 30.0 Å². The largest absolute Gasteiger partial charge is 0.294 e. The second-order valence-electron chi connectivity index (χ2n) is 5.91. The number of pyridine rings is 1. The van der Waals surface area contributed by atoms with Crippen LogP contribution in [0.2, 0.25) is 5.02 Å². The van der Waals surface area contributed by atoms with Crippen LogP contribution in [-0.4, -0.2) is 10.8 Å². The molecule has 0 amide bonds. The van der Waals surface area contributed by atoms with Gasteiger partial charge in [-0.2, -0.15) is 0 Å². The molecule has 1 heterocycles. The Kier molecular flexibility index (Phi) is 5.20. The number of hydrogen-bond donors (Lipinski definition) is 0. The lowest BCUT2D eigenvalue weighted by Gasteiger charge is -2.31. The molecule has 0 saturated heterocycles. The summed E-state index contributed by atoms with van der Waals surface area (Å²) < 4.78 is 0. The number of Topliss-reactive ketones (excluding diaryl/α,β-unsaturated/α-hetero) is 1. The summed E-state index contributed by atoms with van der Waals surface area (Å²) in [6.07, 6.45) is 6.34.